The molecule has 2 aromatic rings. The van der Waals surface area contributed by atoms with Crippen molar-refractivity contribution >= 4 is 28.8 Å². The number of rotatable bonds is 5. The molecule has 0 atom stereocenters. The van der Waals surface area contributed by atoms with Gasteiger partial charge in [-0.15, -0.1) is 0 Å². The number of aromatic nitrogens is 4. The van der Waals surface area contributed by atoms with Crippen molar-refractivity contribution in [3.8, 4) is 0 Å². The number of piperidine rings is 1. The van der Waals surface area contributed by atoms with E-state index in [0.29, 0.717) is 42.4 Å². The molecular formula is C13H19N7O2. The monoisotopic (exact) mass is 305 g/mol. The van der Waals surface area contributed by atoms with Crippen molar-refractivity contribution in [1.29, 1.82) is 0 Å². The Hall–Kier alpha value is -2.45. The molecule has 0 saturated carbocycles. The van der Waals surface area contributed by atoms with Crippen molar-refractivity contribution in [3.05, 3.63) is 0 Å². The van der Waals surface area contributed by atoms with E-state index < -0.39 is 0 Å². The number of fused-ring (bicyclic) bond motifs is 1. The lowest BCUT2D eigenvalue weighted by Gasteiger charge is -2.27. The summed E-state index contributed by atoms with van der Waals surface area (Å²) in [5, 5.41) is 10.6. The van der Waals surface area contributed by atoms with Gasteiger partial charge in [0.15, 0.2) is 11.6 Å². The highest BCUT2D eigenvalue weighted by molar-refractivity contribution is 5.77. The van der Waals surface area contributed by atoms with Crippen LogP contribution in [0.2, 0.25) is 0 Å². The Kier molecular flexibility index (Phi) is 4.03. The van der Waals surface area contributed by atoms with E-state index >= 15 is 0 Å². The average molecular weight is 305 g/mol. The van der Waals surface area contributed by atoms with Crippen molar-refractivity contribution in [2.24, 2.45) is 0 Å². The van der Waals surface area contributed by atoms with Crippen LogP contribution in [0.5, 0.6) is 0 Å². The quantitative estimate of drug-likeness (QED) is 0.852. The van der Waals surface area contributed by atoms with Gasteiger partial charge >= 0.3 is 0 Å². The highest BCUT2D eigenvalue weighted by atomic mass is 16.6. The van der Waals surface area contributed by atoms with Crippen molar-refractivity contribution in [2.75, 3.05) is 43.9 Å². The molecule has 1 N–H and O–H groups in total. The molecule has 0 aromatic carbocycles. The molecule has 1 saturated heterocycles. The molecule has 1 amide bonds. The maximum Gasteiger partial charge on any atom is 0.245 e. The van der Waals surface area contributed by atoms with E-state index in [9.17, 15) is 4.79 Å². The summed E-state index contributed by atoms with van der Waals surface area (Å²) in [5.74, 6) is 1.49. The van der Waals surface area contributed by atoms with E-state index in [1.54, 1.807) is 0 Å². The normalized spacial score (nSPS) is 15.4. The molecule has 9 heteroatoms. The zero-order valence-electron chi connectivity index (χ0n) is 12.7. The number of hydrogen-bond donors (Lipinski definition) is 1. The molecule has 0 bridgehead atoms. The van der Waals surface area contributed by atoms with E-state index in [4.69, 9.17) is 0 Å². The van der Waals surface area contributed by atoms with Gasteiger partial charge in [-0.1, -0.05) is 0 Å². The maximum absolute atomic E-state index is 11.8. The first-order valence-electron chi connectivity index (χ1n) is 7.34. The Bertz CT molecular complexity index is 669. The first kappa shape index (κ1) is 14.5. The Morgan fingerprint density at radius 3 is 2.73 bits per heavy atom. The smallest absolute Gasteiger partial charge is 0.245 e. The number of amides is 1. The second-order valence-electron chi connectivity index (χ2n) is 5.47. The number of likely N-dealkylation sites (tertiary alicyclic amines) is 1. The minimum Gasteiger partial charge on any atom is -0.365 e. The number of nitrogens with one attached hydrogen (secondary N) is 1. The van der Waals surface area contributed by atoms with Crippen LogP contribution in [0.15, 0.2) is 4.63 Å². The van der Waals surface area contributed by atoms with Crippen molar-refractivity contribution < 1.29 is 9.42 Å². The van der Waals surface area contributed by atoms with Crippen LogP contribution in [0.4, 0.5) is 11.6 Å². The van der Waals surface area contributed by atoms with Gasteiger partial charge in [0.1, 0.15) is 0 Å². The zero-order chi connectivity index (χ0) is 15.5. The summed E-state index contributed by atoms with van der Waals surface area (Å²) in [6.07, 6.45) is 2.72. The Morgan fingerprint density at radius 2 is 2.00 bits per heavy atom. The van der Waals surface area contributed by atoms with Gasteiger partial charge in [-0.25, -0.2) is 14.6 Å². The number of carbonyl (C=O) groups excluding carboxylic acids is 1. The van der Waals surface area contributed by atoms with Gasteiger partial charge in [0, 0.05) is 40.2 Å². The van der Waals surface area contributed by atoms with Crippen LogP contribution in [0.25, 0.3) is 11.3 Å². The lowest BCUT2D eigenvalue weighted by Crippen LogP contribution is -2.38. The predicted octanol–water partition coefficient (Wildman–Crippen LogP) is 0.503. The van der Waals surface area contributed by atoms with Crippen molar-refractivity contribution in [1.82, 2.24) is 25.2 Å². The number of nitrogens with zero attached hydrogens (tertiary/aromatic N) is 6. The number of hydrogen-bond acceptors (Lipinski definition) is 8. The topological polar surface area (TPSA) is 100 Å². The van der Waals surface area contributed by atoms with Gasteiger partial charge in [0.2, 0.25) is 17.2 Å². The fourth-order valence-corrected chi connectivity index (χ4v) is 2.47. The van der Waals surface area contributed by atoms with E-state index in [0.717, 1.165) is 19.4 Å². The summed E-state index contributed by atoms with van der Waals surface area (Å²) in [5.41, 5.74) is 0.739. The predicted molar refractivity (Wildman–Crippen MR) is 80.6 cm³/mol. The molecule has 1 aliphatic rings. The van der Waals surface area contributed by atoms with E-state index in [2.05, 4.69) is 30.2 Å². The van der Waals surface area contributed by atoms with Gasteiger partial charge < -0.3 is 15.1 Å². The van der Waals surface area contributed by atoms with Gasteiger partial charge in [0.05, 0.1) is 0 Å². The Morgan fingerprint density at radius 1 is 1.23 bits per heavy atom. The molecule has 0 radical (unpaired) electrons. The third kappa shape index (κ3) is 2.92. The molecule has 0 unspecified atom stereocenters. The zero-order valence-corrected chi connectivity index (χ0v) is 12.7. The highest BCUT2D eigenvalue weighted by Gasteiger charge is 2.18. The first-order valence-corrected chi connectivity index (χ1v) is 7.34. The average Bonchev–Trinajstić information content (AvgIpc) is 2.95. The molecule has 3 rings (SSSR count). The largest absolute Gasteiger partial charge is 0.365 e. The van der Waals surface area contributed by atoms with E-state index in [1.165, 1.54) is 0 Å². The van der Waals surface area contributed by atoms with Gasteiger partial charge in [-0.2, -0.15) is 0 Å². The fourth-order valence-electron chi connectivity index (χ4n) is 2.47. The van der Waals surface area contributed by atoms with Crippen LogP contribution >= 0.6 is 0 Å². The third-order valence-corrected chi connectivity index (χ3v) is 3.62. The Balaban J connectivity index is 1.69. The number of anilines is 2. The molecule has 1 fully saturated rings. The highest BCUT2D eigenvalue weighted by Crippen LogP contribution is 2.21. The summed E-state index contributed by atoms with van der Waals surface area (Å²) in [6.45, 7) is 2.10. The SMILES string of the molecule is CN(C)c1nc2nonc2nc1NCCN1CCCCC1=O. The second-order valence-corrected chi connectivity index (χ2v) is 5.47. The van der Waals surface area contributed by atoms with Crippen molar-refractivity contribution in [2.45, 2.75) is 19.3 Å². The van der Waals surface area contributed by atoms with Gasteiger partial charge in [-0.3, -0.25) is 4.79 Å². The Labute approximate surface area is 127 Å². The molecule has 0 spiro atoms. The summed E-state index contributed by atoms with van der Waals surface area (Å²) in [7, 11) is 3.76. The van der Waals surface area contributed by atoms with Crippen LogP contribution in [0.3, 0.4) is 0 Å². The van der Waals surface area contributed by atoms with E-state index in [-0.39, 0.29) is 5.91 Å². The van der Waals surface area contributed by atoms with Crippen LogP contribution in [-0.2, 0) is 4.79 Å². The molecular weight excluding hydrogens is 286 g/mol. The standard InChI is InChI=1S/C13H19N7O2/c1-19(2)13-12(15-10-11(16-13)18-22-17-10)14-6-8-20-7-4-3-5-9(20)21/h3-8H2,1-2H3,(H,14,15,17). The molecule has 2 aromatic heterocycles. The molecule has 0 aliphatic carbocycles. The van der Waals surface area contributed by atoms with E-state index in [1.807, 2.05) is 23.9 Å². The van der Waals surface area contributed by atoms with Crippen LogP contribution in [0, 0.1) is 0 Å². The summed E-state index contributed by atoms with van der Waals surface area (Å²) in [6, 6.07) is 0. The second kappa shape index (κ2) is 6.12. The summed E-state index contributed by atoms with van der Waals surface area (Å²) in [4.78, 5) is 24.3. The molecule has 1 aliphatic heterocycles. The number of carbonyl (C=O) groups is 1. The summed E-state index contributed by atoms with van der Waals surface area (Å²) < 4.78 is 4.64. The van der Waals surface area contributed by atoms with Gasteiger partial charge in [-0.05, 0) is 23.2 Å². The molecule has 22 heavy (non-hydrogen) atoms. The lowest BCUT2D eigenvalue weighted by molar-refractivity contribution is -0.133. The third-order valence-electron chi connectivity index (χ3n) is 3.62. The van der Waals surface area contributed by atoms with Crippen molar-refractivity contribution in [3.63, 3.8) is 0 Å². The van der Waals surface area contributed by atoms with Crippen LogP contribution in [0.1, 0.15) is 19.3 Å². The minimum absolute atomic E-state index is 0.225. The lowest BCUT2D eigenvalue weighted by atomic mass is 10.1. The van der Waals surface area contributed by atoms with Gasteiger partial charge in [0.25, 0.3) is 0 Å². The maximum atomic E-state index is 11.8. The fraction of sp³-hybridized carbons (Fsp3) is 0.615. The molecule has 118 valence electrons. The van der Waals surface area contributed by atoms with Crippen LogP contribution < -0.4 is 10.2 Å². The summed E-state index contributed by atoms with van der Waals surface area (Å²) >= 11 is 0. The van der Waals surface area contributed by atoms with Crippen LogP contribution in [-0.4, -0.2) is 64.8 Å². The first-order chi connectivity index (χ1) is 10.6. The molecule has 3 heterocycles. The molecule has 9 nitrogen and oxygen atoms in total. The minimum atomic E-state index is 0.225.